The summed E-state index contributed by atoms with van der Waals surface area (Å²) in [4.78, 5) is 35.8. The van der Waals surface area contributed by atoms with E-state index in [4.69, 9.17) is 0 Å². The number of aryl methyl sites for hydroxylation is 1. The van der Waals surface area contributed by atoms with Gasteiger partial charge in [-0.3, -0.25) is 19.3 Å². The van der Waals surface area contributed by atoms with Gasteiger partial charge in [-0.1, -0.05) is 6.92 Å². The number of halogens is 1. The fourth-order valence-electron chi connectivity index (χ4n) is 1.96. The van der Waals surface area contributed by atoms with Crippen LogP contribution in [0.3, 0.4) is 0 Å². The highest BCUT2D eigenvalue weighted by Gasteiger charge is 2.38. The molecule has 18 heavy (non-hydrogen) atoms. The Kier molecular flexibility index (Phi) is 2.98. The molecule has 0 aliphatic carbocycles. The van der Waals surface area contributed by atoms with Crippen LogP contribution in [0.4, 0.5) is 10.1 Å². The highest BCUT2D eigenvalue weighted by Crippen LogP contribution is 2.32. The fraction of sp³-hybridized carbons (Fsp3) is 0.308. The Hall–Kier alpha value is -2.04. The molecule has 2 rings (SSSR count). The van der Waals surface area contributed by atoms with E-state index in [0.717, 1.165) is 4.90 Å². The predicted molar refractivity (Wildman–Crippen MR) is 63.1 cm³/mol. The summed E-state index contributed by atoms with van der Waals surface area (Å²) in [5.74, 6) is -2.45. The zero-order chi connectivity index (χ0) is 13.4. The predicted octanol–water partition coefficient (Wildman–Crippen LogP) is 1.64. The van der Waals surface area contributed by atoms with Gasteiger partial charge in [-0.05, 0) is 24.6 Å². The van der Waals surface area contributed by atoms with E-state index in [-0.39, 0.29) is 30.0 Å². The number of fused-ring (bicyclic) bond motifs is 1. The van der Waals surface area contributed by atoms with E-state index in [9.17, 15) is 18.8 Å². The maximum atomic E-state index is 13.8. The lowest BCUT2D eigenvalue weighted by molar-refractivity contribution is -0.120. The van der Waals surface area contributed by atoms with Gasteiger partial charge in [0.15, 0.2) is 5.78 Å². The molecule has 1 amide bonds. The second-order valence-electron chi connectivity index (χ2n) is 4.26. The third-order valence-electron chi connectivity index (χ3n) is 2.89. The van der Waals surface area contributed by atoms with E-state index in [1.807, 2.05) is 0 Å². The zero-order valence-electron chi connectivity index (χ0n) is 10.1. The van der Waals surface area contributed by atoms with Crippen LogP contribution in [0, 0.1) is 12.7 Å². The molecule has 1 aliphatic rings. The topological polar surface area (TPSA) is 54.5 Å². The Morgan fingerprint density at radius 3 is 2.61 bits per heavy atom. The van der Waals surface area contributed by atoms with Gasteiger partial charge in [0.1, 0.15) is 5.82 Å². The minimum Gasteiger partial charge on any atom is -0.298 e. The summed E-state index contributed by atoms with van der Waals surface area (Å²) < 4.78 is 13.8. The second kappa shape index (κ2) is 4.33. The monoisotopic (exact) mass is 249 g/mol. The minimum absolute atomic E-state index is 0.0430. The van der Waals surface area contributed by atoms with Crippen LogP contribution >= 0.6 is 0 Å². The summed E-state index contributed by atoms with van der Waals surface area (Å²) in [6.07, 6.45) is 0.237. The summed E-state index contributed by atoms with van der Waals surface area (Å²) >= 11 is 0. The molecule has 0 radical (unpaired) electrons. The molecular formula is C13H12FNO3. The molecule has 0 N–H and O–H groups in total. The molecule has 0 aromatic heterocycles. The molecule has 0 unspecified atom stereocenters. The molecule has 1 heterocycles. The first-order chi connectivity index (χ1) is 8.45. The molecule has 0 atom stereocenters. The molecule has 1 aliphatic heterocycles. The van der Waals surface area contributed by atoms with Crippen LogP contribution in [0.25, 0.3) is 0 Å². The van der Waals surface area contributed by atoms with E-state index >= 15 is 0 Å². The van der Waals surface area contributed by atoms with Crippen molar-refractivity contribution >= 4 is 23.2 Å². The van der Waals surface area contributed by atoms with E-state index in [2.05, 4.69) is 0 Å². The normalized spacial score (nSPS) is 14.1. The number of amides is 1. The number of nitrogens with zero attached hydrogens (tertiary/aromatic N) is 1. The highest BCUT2D eigenvalue weighted by atomic mass is 19.1. The first-order valence-electron chi connectivity index (χ1n) is 5.63. The Balaban J connectivity index is 2.51. The Bertz CT molecular complexity index is 566. The molecular weight excluding hydrogens is 237 g/mol. The van der Waals surface area contributed by atoms with Gasteiger partial charge < -0.3 is 0 Å². The number of hydrogen-bond acceptors (Lipinski definition) is 3. The first-order valence-corrected chi connectivity index (χ1v) is 5.63. The third-order valence-corrected chi connectivity index (χ3v) is 2.89. The van der Waals surface area contributed by atoms with Crippen molar-refractivity contribution in [2.75, 3.05) is 11.4 Å². The molecule has 0 saturated carbocycles. The summed E-state index contributed by atoms with van der Waals surface area (Å²) in [7, 11) is 0. The highest BCUT2D eigenvalue weighted by molar-refractivity contribution is 6.52. The van der Waals surface area contributed by atoms with Crippen molar-refractivity contribution in [1.29, 1.82) is 0 Å². The summed E-state index contributed by atoms with van der Waals surface area (Å²) in [6, 6.07) is 2.71. The summed E-state index contributed by atoms with van der Waals surface area (Å²) in [5, 5.41) is 0. The number of ketones is 2. The number of carbonyl (C=O) groups is 3. The lowest BCUT2D eigenvalue weighted by Crippen LogP contribution is -2.34. The molecule has 0 saturated heterocycles. The smallest absolute Gasteiger partial charge is 0.298 e. The standard InChI is InChI=1S/C13H12FNO3/c1-3-8(16)6-15-11-9(12(17)13(15)18)4-7(2)5-10(11)14/h4-5H,3,6H2,1-2H3. The molecule has 4 nitrogen and oxygen atoms in total. The van der Waals surface area contributed by atoms with Crippen LogP contribution in [0.1, 0.15) is 29.3 Å². The number of rotatable bonds is 3. The average Bonchev–Trinajstić information content (AvgIpc) is 2.54. The minimum atomic E-state index is -0.837. The summed E-state index contributed by atoms with van der Waals surface area (Å²) in [5.41, 5.74) is 0.537. The van der Waals surface area contributed by atoms with Gasteiger partial charge in [-0.2, -0.15) is 0 Å². The molecule has 1 aromatic rings. The van der Waals surface area contributed by atoms with Crippen LogP contribution in [-0.4, -0.2) is 24.0 Å². The lowest BCUT2D eigenvalue weighted by Gasteiger charge is -2.15. The zero-order valence-corrected chi connectivity index (χ0v) is 10.1. The van der Waals surface area contributed by atoms with Gasteiger partial charge in [-0.25, -0.2) is 4.39 Å². The maximum absolute atomic E-state index is 13.8. The molecule has 5 heteroatoms. The molecule has 1 aromatic carbocycles. The lowest BCUT2D eigenvalue weighted by atomic mass is 10.1. The van der Waals surface area contributed by atoms with Gasteiger partial charge in [0, 0.05) is 6.42 Å². The van der Waals surface area contributed by atoms with Crippen molar-refractivity contribution in [1.82, 2.24) is 0 Å². The Morgan fingerprint density at radius 2 is 2.00 bits per heavy atom. The van der Waals surface area contributed by atoms with E-state index in [1.54, 1.807) is 13.8 Å². The molecule has 94 valence electrons. The van der Waals surface area contributed by atoms with Gasteiger partial charge in [-0.15, -0.1) is 0 Å². The third kappa shape index (κ3) is 1.81. The van der Waals surface area contributed by atoms with E-state index in [1.165, 1.54) is 12.1 Å². The SMILES string of the molecule is CCC(=O)CN1C(=O)C(=O)c2cc(C)cc(F)c21. The first kappa shape index (κ1) is 12.4. The van der Waals surface area contributed by atoms with E-state index < -0.39 is 17.5 Å². The quantitative estimate of drug-likeness (QED) is 0.765. The van der Waals surface area contributed by atoms with Crippen molar-refractivity contribution in [3.05, 3.63) is 29.1 Å². The number of hydrogen-bond donors (Lipinski definition) is 0. The van der Waals surface area contributed by atoms with Gasteiger partial charge >= 0.3 is 0 Å². The van der Waals surface area contributed by atoms with Gasteiger partial charge in [0.05, 0.1) is 17.8 Å². The van der Waals surface area contributed by atoms with Gasteiger partial charge in [0.25, 0.3) is 11.7 Å². The van der Waals surface area contributed by atoms with Crippen LogP contribution in [0.15, 0.2) is 12.1 Å². The molecule has 0 spiro atoms. The number of carbonyl (C=O) groups excluding carboxylic acids is 3. The van der Waals surface area contributed by atoms with Crippen molar-refractivity contribution < 1.29 is 18.8 Å². The van der Waals surface area contributed by atoms with Crippen LogP contribution < -0.4 is 4.90 Å². The number of anilines is 1. The largest absolute Gasteiger partial charge is 0.299 e. The fourth-order valence-corrected chi connectivity index (χ4v) is 1.96. The van der Waals surface area contributed by atoms with Crippen molar-refractivity contribution in [3.63, 3.8) is 0 Å². The van der Waals surface area contributed by atoms with Crippen molar-refractivity contribution in [2.24, 2.45) is 0 Å². The van der Waals surface area contributed by atoms with E-state index in [0.29, 0.717) is 5.56 Å². The molecule has 0 bridgehead atoms. The second-order valence-corrected chi connectivity index (χ2v) is 4.26. The molecule has 0 fully saturated rings. The Morgan fingerprint density at radius 1 is 1.33 bits per heavy atom. The summed E-state index contributed by atoms with van der Waals surface area (Å²) in [6.45, 7) is 3.03. The van der Waals surface area contributed by atoms with Crippen molar-refractivity contribution in [3.8, 4) is 0 Å². The number of Topliss-reactive ketones (excluding diaryl/α,β-unsaturated/α-hetero) is 2. The Labute approximate surface area is 103 Å². The van der Waals surface area contributed by atoms with Gasteiger partial charge in [0.2, 0.25) is 0 Å². The maximum Gasteiger partial charge on any atom is 0.299 e. The van der Waals surface area contributed by atoms with Crippen LogP contribution in [0.2, 0.25) is 0 Å². The van der Waals surface area contributed by atoms with Crippen molar-refractivity contribution in [2.45, 2.75) is 20.3 Å². The number of benzene rings is 1. The van der Waals surface area contributed by atoms with Crippen LogP contribution in [-0.2, 0) is 9.59 Å². The average molecular weight is 249 g/mol. The van der Waals surface area contributed by atoms with Crippen LogP contribution in [0.5, 0.6) is 0 Å².